The Morgan fingerprint density at radius 3 is 2.48 bits per heavy atom. The minimum Gasteiger partial charge on any atom is -0.493 e. The first-order valence-corrected chi connectivity index (χ1v) is 10.6. The molecule has 29 heavy (non-hydrogen) atoms. The predicted molar refractivity (Wildman–Crippen MR) is 111 cm³/mol. The second kappa shape index (κ2) is 8.33. The van der Waals surface area contributed by atoms with Gasteiger partial charge in [0.1, 0.15) is 5.82 Å². The highest BCUT2D eigenvalue weighted by molar-refractivity contribution is 5.46. The molecule has 4 nitrogen and oxygen atoms in total. The fourth-order valence-corrected chi connectivity index (χ4v) is 5.04. The van der Waals surface area contributed by atoms with Crippen molar-refractivity contribution in [3.63, 3.8) is 0 Å². The normalized spacial score (nSPS) is 26.5. The molecule has 0 aliphatic carbocycles. The zero-order chi connectivity index (χ0) is 20.4. The van der Waals surface area contributed by atoms with E-state index in [0.29, 0.717) is 25.0 Å². The van der Waals surface area contributed by atoms with Crippen molar-refractivity contribution in [3.8, 4) is 11.5 Å². The van der Waals surface area contributed by atoms with E-state index in [2.05, 4.69) is 17.9 Å². The molecule has 0 saturated carbocycles. The average molecular weight is 400 g/mol. The van der Waals surface area contributed by atoms with E-state index in [-0.39, 0.29) is 17.9 Å². The summed E-state index contributed by atoms with van der Waals surface area (Å²) in [6.07, 6.45) is 4.09. The molecule has 2 heterocycles. The van der Waals surface area contributed by atoms with E-state index >= 15 is 0 Å². The van der Waals surface area contributed by atoms with Crippen LogP contribution < -0.4 is 9.47 Å². The molecule has 2 unspecified atom stereocenters. The van der Waals surface area contributed by atoms with Gasteiger partial charge in [-0.25, -0.2) is 4.39 Å². The molecule has 0 aromatic heterocycles. The Bertz CT molecular complexity index is 842. The number of hydrogen-bond acceptors (Lipinski definition) is 4. The standard InChI is InChI=1S/C24H30FNO3/c1-3-13-29-23-17(7-6-10-22(23)28-2)16-26-18-11-12-19(26)15-24(27,14-18)20-8-4-5-9-21(20)25/h4-10,18-19,27H,3,11-16H2,1-2H3. The van der Waals surface area contributed by atoms with Crippen LogP contribution in [-0.4, -0.2) is 35.8 Å². The average Bonchev–Trinajstić information content (AvgIpc) is 2.96. The monoisotopic (exact) mass is 399 g/mol. The second-order valence-electron chi connectivity index (χ2n) is 8.27. The third-order valence-electron chi connectivity index (χ3n) is 6.38. The van der Waals surface area contributed by atoms with Gasteiger partial charge in [-0.2, -0.15) is 0 Å². The SMILES string of the molecule is CCCOc1c(CN2C3CCC2CC(O)(c2ccccc2F)C3)cccc1OC. The number of ether oxygens (including phenoxy) is 2. The summed E-state index contributed by atoms with van der Waals surface area (Å²) in [5, 5.41) is 11.3. The molecule has 2 fully saturated rings. The molecule has 4 rings (SSSR count). The zero-order valence-electron chi connectivity index (χ0n) is 17.2. The number of methoxy groups -OCH3 is 1. The number of halogens is 1. The fraction of sp³-hybridized carbons (Fsp3) is 0.500. The van der Waals surface area contributed by atoms with E-state index in [1.54, 1.807) is 25.3 Å². The number of hydrogen-bond donors (Lipinski definition) is 1. The van der Waals surface area contributed by atoms with Crippen LogP contribution in [0.25, 0.3) is 0 Å². The number of fused-ring (bicyclic) bond motifs is 2. The smallest absolute Gasteiger partial charge is 0.165 e. The highest BCUT2D eigenvalue weighted by Gasteiger charge is 2.49. The Morgan fingerprint density at radius 1 is 1.10 bits per heavy atom. The van der Waals surface area contributed by atoms with Gasteiger partial charge in [0.05, 0.1) is 19.3 Å². The highest BCUT2D eigenvalue weighted by Crippen LogP contribution is 2.47. The van der Waals surface area contributed by atoms with Gasteiger partial charge in [0.15, 0.2) is 11.5 Å². The largest absolute Gasteiger partial charge is 0.493 e. The molecule has 2 aromatic carbocycles. The molecular formula is C24H30FNO3. The minimum atomic E-state index is -1.09. The summed E-state index contributed by atoms with van der Waals surface area (Å²) in [7, 11) is 1.66. The summed E-state index contributed by atoms with van der Waals surface area (Å²) >= 11 is 0. The number of benzene rings is 2. The lowest BCUT2D eigenvalue weighted by Crippen LogP contribution is -2.49. The highest BCUT2D eigenvalue weighted by atomic mass is 19.1. The molecule has 0 radical (unpaired) electrons. The Labute approximate surface area is 172 Å². The van der Waals surface area contributed by atoms with Crippen LogP contribution in [-0.2, 0) is 12.1 Å². The van der Waals surface area contributed by atoms with Crippen molar-refractivity contribution in [2.24, 2.45) is 0 Å². The molecular weight excluding hydrogens is 369 g/mol. The van der Waals surface area contributed by atoms with Gasteiger partial charge in [-0.15, -0.1) is 0 Å². The Kier molecular flexibility index (Phi) is 5.79. The molecule has 2 aromatic rings. The Morgan fingerprint density at radius 2 is 1.83 bits per heavy atom. The number of aliphatic hydroxyl groups is 1. The quantitative estimate of drug-likeness (QED) is 0.737. The van der Waals surface area contributed by atoms with Gasteiger partial charge in [0, 0.05) is 29.8 Å². The van der Waals surface area contributed by atoms with Gasteiger partial charge in [0.2, 0.25) is 0 Å². The van der Waals surface area contributed by atoms with E-state index in [0.717, 1.165) is 42.9 Å². The fourth-order valence-electron chi connectivity index (χ4n) is 5.04. The number of rotatable bonds is 7. The lowest BCUT2D eigenvalue weighted by molar-refractivity contribution is -0.0617. The number of piperidine rings is 1. The first kappa shape index (κ1) is 20.2. The number of para-hydroxylation sites is 1. The van der Waals surface area contributed by atoms with Gasteiger partial charge >= 0.3 is 0 Å². The molecule has 0 spiro atoms. The van der Waals surface area contributed by atoms with Crippen molar-refractivity contribution < 1.29 is 19.0 Å². The van der Waals surface area contributed by atoms with Crippen molar-refractivity contribution in [2.45, 2.75) is 63.3 Å². The summed E-state index contributed by atoms with van der Waals surface area (Å²) < 4.78 is 25.9. The van der Waals surface area contributed by atoms with E-state index in [9.17, 15) is 9.50 Å². The molecule has 2 atom stereocenters. The predicted octanol–water partition coefficient (Wildman–Crippen LogP) is 4.64. The lowest BCUT2D eigenvalue weighted by Gasteiger charge is -2.44. The van der Waals surface area contributed by atoms with Crippen LogP contribution in [0, 0.1) is 5.82 Å². The van der Waals surface area contributed by atoms with Crippen LogP contribution in [0.2, 0.25) is 0 Å². The molecule has 2 aliphatic heterocycles. The van der Waals surface area contributed by atoms with Crippen LogP contribution in [0.15, 0.2) is 42.5 Å². The molecule has 2 saturated heterocycles. The molecule has 1 N–H and O–H groups in total. The molecule has 5 heteroatoms. The van der Waals surface area contributed by atoms with E-state index in [1.165, 1.54) is 6.07 Å². The van der Waals surface area contributed by atoms with Crippen LogP contribution in [0.4, 0.5) is 4.39 Å². The first-order chi connectivity index (χ1) is 14.1. The second-order valence-corrected chi connectivity index (χ2v) is 8.27. The van der Waals surface area contributed by atoms with E-state index in [4.69, 9.17) is 9.47 Å². The molecule has 2 aliphatic rings. The van der Waals surface area contributed by atoms with E-state index < -0.39 is 5.60 Å². The van der Waals surface area contributed by atoms with Crippen LogP contribution in [0.1, 0.15) is 50.2 Å². The van der Waals surface area contributed by atoms with Gasteiger partial charge in [-0.3, -0.25) is 4.90 Å². The van der Waals surface area contributed by atoms with Crippen molar-refractivity contribution in [2.75, 3.05) is 13.7 Å². The Balaban J connectivity index is 1.57. The summed E-state index contributed by atoms with van der Waals surface area (Å²) in [5.41, 5.74) is 0.444. The topological polar surface area (TPSA) is 41.9 Å². The third kappa shape index (κ3) is 3.86. The van der Waals surface area contributed by atoms with Crippen molar-refractivity contribution in [3.05, 3.63) is 59.4 Å². The van der Waals surface area contributed by atoms with Crippen molar-refractivity contribution in [1.82, 2.24) is 4.90 Å². The summed E-state index contributed by atoms with van der Waals surface area (Å²) in [5.74, 6) is 1.25. The van der Waals surface area contributed by atoms with Crippen LogP contribution in [0.5, 0.6) is 11.5 Å². The van der Waals surface area contributed by atoms with Crippen LogP contribution in [0.3, 0.4) is 0 Å². The lowest BCUT2D eigenvalue weighted by atomic mass is 9.80. The maximum absolute atomic E-state index is 14.4. The van der Waals surface area contributed by atoms with Gasteiger partial charge < -0.3 is 14.6 Å². The molecule has 2 bridgehead atoms. The summed E-state index contributed by atoms with van der Waals surface area (Å²) in [6, 6.07) is 13.1. The van der Waals surface area contributed by atoms with Crippen molar-refractivity contribution >= 4 is 0 Å². The summed E-state index contributed by atoms with van der Waals surface area (Å²) in [4.78, 5) is 2.46. The van der Waals surface area contributed by atoms with Gasteiger partial charge in [-0.1, -0.05) is 37.3 Å². The third-order valence-corrected chi connectivity index (χ3v) is 6.38. The van der Waals surface area contributed by atoms with Crippen LogP contribution >= 0.6 is 0 Å². The zero-order valence-corrected chi connectivity index (χ0v) is 17.2. The first-order valence-electron chi connectivity index (χ1n) is 10.6. The molecule has 156 valence electrons. The summed E-state index contributed by atoms with van der Waals surface area (Å²) in [6.45, 7) is 3.48. The Hall–Kier alpha value is -2.11. The van der Waals surface area contributed by atoms with Crippen molar-refractivity contribution in [1.29, 1.82) is 0 Å². The maximum atomic E-state index is 14.4. The minimum absolute atomic E-state index is 0.226. The maximum Gasteiger partial charge on any atom is 0.165 e. The van der Waals surface area contributed by atoms with Gasteiger partial charge in [0.25, 0.3) is 0 Å². The molecule has 0 amide bonds. The number of nitrogens with zero attached hydrogens (tertiary/aromatic N) is 1. The van der Waals surface area contributed by atoms with Gasteiger partial charge in [-0.05, 0) is 44.2 Å². The van der Waals surface area contributed by atoms with E-state index in [1.807, 2.05) is 12.1 Å².